The van der Waals surface area contributed by atoms with E-state index in [0.717, 1.165) is 35.1 Å². The van der Waals surface area contributed by atoms with Crippen LogP contribution in [-0.2, 0) is 16.0 Å². The summed E-state index contributed by atoms with van der Waals surface area (Å²) < 4.78 is 92.6. The topological polar surface area (TPSA) is 81.1 Å². The fraction of sp³-hybridized carbons (Fsp3) is 0.0909. The minimum absolute atomic E-state index is 0.0124. The molecule has 0 aliphatic rings. The van der Waals surface area contributed by atoms with Crippen LogP contribution in [0, 0.1) is 11.6 Å². The number of fused-ring (bicyclic) bond motifs is 1. The van der Waals surface area contributed by atoms with E-state index in [0.29, 0.717) is 0 Å². The predicted octanol–water partition coefficient (Wildman–Crippen LogP) is 4.98. The SMILES string of the molecule is CS(=O)(=O)c1ccc2c(c1)nc(C(F)(F)F)n2-c1ccc(NC(=O)c2cccc(F)c2F)cc1. The van der Waals surface area contributed by atoms with E-state index in [4.69, 9.17) is 0 Å². The Bertz CT molecular complexity index is 1530. The average molecular weight is 495 g/mol. The van der Waals surface area contributed by atoms with Crippen LogP contribution in [0.25, 0.3) is 16.7 Å². The molecule has 0 spiro atoms. The molecule has 0 bridgehead atoms. The normalized spacial score (nSPS) is 12.2. The van der Waals surface area contributed by atoms with Gasteiger partial charge in [0.15, 0.2) is 21.5 Å². The summed E-state index contributed by atoms with van der Waals surface area (Å²) in [6.07, 6.45) is -3.93. The first kappa shape index (κ1) is 23.4. The van der Waals surface area contributed by atoms with Crippen LogP contribution in [0.5, 0.6) is 0 Å². The molecule has 1 N–H and O–H groups in total. The number of nitrogens with zero attached hydrogens (tertiary/aromatic N) is 2. The van der Waals surface area contributed by atoms with Gasteiger partial charge in [-0.25, -0.2) is 22.2 Å². The number of halogens is 5. The van der Waals surface area contributed by atoms with Gasteiger partial charge in [0, 0.05) is 17.6 Å². The monoisotopic (exact) mass is 495 g/mol. The fourth-order valence-electron chi connectivity index (χ4n) is 3.31. The summed E-state index contributed by atoms with van der Waals surface area (Å²) in [4.78, 5) is 15.7. The van der Waals surface area contributed by atoms with Crippen molar-refractivity contribution in [2.45, 2.75) is 11.1 Å². The quantitative estimate of drug-likeness (QED) is 0.405. The minimum atomic E-state index is -4.86. The molecule has 0 saturated carbocycles. The number of carbonyl (C=O) groups excluding carboxylic acids is 1. The lowest BCUT2D eigenvalue weighted by molar-refractivity contribution is -0.145. The molecule has 0 saturated heterocycles. The van der Waals surface area contributed by atoms with Crippen LogP contribution in [0.1, 0.15) is 16.2 Å². The molecule has 0 radical (unpaired) electrons. The second-order valence-corrected chi connectivity index (χ2v) is 9.31. The summed E-state index contributed by atoms with van der Waals surface area (Å²) in [5.41, 5.74) is -0.551. The van der Waals surface area contributed by atoms with Gasteiger partial charge in [-0.3, -0.25) is 9.36 Å². The molecule has 0 unspecified atom stereocenters. The fourth-order valence-corrected chi connectivity index (χ4v) is 3.95. The number of carbonyl (C=O) groups is 1. The van der Waals surface area contributed by atoms with Gasteiger partial charge in [-0.2, -0.15) is 13.2 Å². The van der Waals surface area contributed by atoms with Crippen LogP contribution in [0.15, 0.2) is 65.6 Å². The second-order valence-electron chi connectivity index (χ2n) is 7.29. The molecule has 4 rings (SSSR count). The first-order valence-corrected chi connectivity index (χ1v) is 11.4. The molecule has 4 aromatic rings. The second kappa shape index (κ2) is 8.20. The molecule has 0 atom stereocenters. The molecule has 12 heteroatoms. The Hall–Kier alpha value is -3.80. The number of alkyl halides is 3. The van der Waals surface area contributed by atoms with Crippen molar-refractivity contribution in [3.05, 3.63) is 83.7 Å². The summed E-state index contributed by atoms with van der Waals surface area (Å²) in [6, 6.07) is 11.6. The summed E-state index contributed by atoms with van der Waals surface area (Å²) in [5.74, 6) is -4.74. The predicted molar refractivity (Wildman–Crippen MR) is 113 cm³/mol. The van der Waals surface area contributed by atoms with Crippen molar-refractivity contribution in [3.63, 3.8) is 0 Å². The Morgan fingerprint density at radius 3 is 2.29 bits per heavy atom. The lowest BCUT2D eigenvalue weighted by Crippen LogP contribution is -2.15. The highest BCUT2D eigenvalue weighted by atomic mass is 32.2. The molecule has 176 valence electrons. The van der Waals surface area contributed by atoms with Gasteiger partial charge >= 0.3 is 6.18 Å². The zero-order valence-corrected chi connectivity index (χ0v) is 18.0. The third-order valence-corrected chi connectivity index (χ3v) is 6.00. The standard InChI is InChI=1S/C22H14F5N3O3S/c1-34(32,33)14-9-10-18-17(11-14)29-21(22(25,26)27)30(18)13-7-5-12(6-8-13)28-20(31)15-3-2-4-16(23)19(15)24/h2-11H,1H3,(H,28,31). The maximum absolute atomic E-state index is 13.8. The minimum Gasteiger partial charge on any atom is -0.322 e. The number of hydrogen-bond acceptors (Lipinski definition) is 4. The molecular formula is C22H14F5N3O3S. The number of anilines is 1. The number of sulfone groups is 1. The number of imidazole rings is 1. The van der Waals surface area contributed by atoms with Crippen molar-refractivity contribution in [3.8, 4) is 5.69 Å². The molecule has 1 amide bonds. The van der Waals surface area contributed by atoms with Gasteiger partial charge in [0.25, 0.3) is 5.91 Å². The molecule has 1 heterocycles. The molecule has 0 fully saturated rings. The number of rotatable bonds is 4. The smallest absolute Gasteiger partial charge is 0.322 e. The third kappa shape index (κ3) is 4.36. The average Bonchev–Trinajstić information content (AvgIpc) is 3.15. The van der Waals surface area contributed by atoms with Crippen molar-refractivity contribution >= 4 is 32.5 Å². The number of aromatic nitrogens is 2. The maximum atomic E-state index is 13.8. The van der Waals surface area contributed by atoms with E-state index in [1.807, 2.05) is 0 Å². The molecular weight excluding hydrogens is 481 g/mol. The number of hydrogen-bond donors (Lipinski definition) is 1. The van der Waals surface area contributed by atoms with Crippen LogP contribution in [0.4, 0.5) is 27.6 Å². The molecule has 6 nitrogen and oxygen atoms in total. The van der Waals surface area contributed by atoms with Crippen molar-refractivity contribution in [2.75, 3.05) is 11.6 Å². The van der Waals surface area contributed by atoms with Crippen molar-refractivity contribution in [1.82, 2.24) is 9.55 Å². The Morgan fingerprint density at radius 1 is 1.00 bits per heavy atom. The van der Waals surface area contributed by atoms with E-state index >= 15 is 0 Å². The van der Waals surface area contributed by atoms with Crippen LogP contribution < -0.4 is 5.32 Å². The van der Waals surface area contributed by atoms with E-state index in [-0.39, 0.29) is 27.3 Å². The van der Waals surface area contributed by atoms with Gasteiger partial charge in [0.1, 0.15) is 0 Å². The molecule has 3 aromatic carbocycles. The van der Waals surface area contributed by atoms with E-state index in [1.54, 1.807) is 0 Å². The van der Waals surface area contributed by atoms with E-state index in [2.05, 4.69) is 10.3 Å². The van der Waals surface area contributed by atoms with Gasteiger partial charge < -0.3 is 5.32 Å². The zero-order valence-electron chi connectivity index (χ0n) is 17.2. The third-order valence-electron chi connectivity index (χ3n) is 4.89. The highest BCUT2D eigenvalue weighted by molar-refractivity contribution is 7.90. The Labute approximate surface area is 189 Å². The van der Waals surface area contributed by atoms with E-state index in [9.17, 15) is 35.2 Å². The first-order valence-electron chi connectivity index (χ1n) is 9.52. The summed E-state index contributed by atoms with van der Waals surface area (Å²) in [5, 5.41) is 2.35. The van der Waals surface area contributed by atoms with Crippen LogP contribution >= 0.6 is 0 Å². The largest absolute Gasteiger partial charge is 0.450 e. The highest BCUT2D eigenvalue weighted by Crippen LogP contribution is 2.34. The summed E-state index contributed by atoms with van der Waals surface area (Å²) in [7, 11) is -3.66. The Kier molecular flexibility index (Phi) is 5.64. The first-order chi connectivity index (χ1) is 15.9. The molecule has 0 aliphatic carbocycles. The van der Waals surface area contributed by atoms with Crippen molar-refractivity contribution in [2.24, 2.45) is 0 Å². The maximum Gasteiger partial charge on any atom is 0.450 e. The van der Waals surface area contributed by atoms with Gasteiger partial charge in [-0.05, 0) is 54.6 Å². The van der Waals surface area contributed by atoms with Gasteiger partial charge in [0.05, 0.1) is 21.5 Å². The van der Waals surface area contributed by atoms with Crippen molar-refractivity contribution < 1.29 is 35.2 Å². The molecule has 34 heavy (non-hydrogen) atoms. The van der Waals surface area contributed by atoms with Gasteiger partial charge in [-0.1, -0.05) is 6.07 Å². The number of amides is 1. The van der Waals surface area contributed by atoms with Crippen molar-refractivity contribution in [1.29, 1.82) is 0 Å². The zero-order chi connectivity index (χ0) is 24.8. The van der Waals surface area contributed by atoms with Crippen LogP contribution in [-0.4, -0.2) is 30.1 Å². The molecule has 0 aliphatic heterocycles. The lowest BCUT2D eigenvalue weighted by atomic mass is 10.2. The van der Waals surface area contributed by atoms with Crippen LogP contribution in [0.2, 0.25) is 0 Å². The summed E-state index contributed by atoms with van der Waals surface area (Å²) in [6.45, 7) is 0. The Balaban J connectivity index is 1.73. The molecule has 1 aromatic heterocycles. The van der Waals surface area contributed by atoms with Gasteiger partial charge in [-0.15, -0.1) is 0 Å². The number of benzene rings is 3. The van der Waals surface area contributed by atoms with Gasteiger partial charge in [0.2, 0.25) is 5.82 Å². The van der Waals surface area contributed by atoms with E-state index < -0.39 is 44.9 Å². The Morgan fingerprint density at radius 2 is 1.68 bits per heavy atom. The van der Waals surface area contributed by atoms with Crippen LogP contribution in [0.3, 0.4) is 0 Å². The number of nitrogens with one attached hydrogen (secondary N) is 1. The highest BCUT2D eigenvalue weighted by Gasteiger charge is 2.38. The lowest BCUT2D eigenvalue weighted by Gasteiger charge is -2.13. The van der Waals surface area contributed by atoms with E-state index in [1.165, 1.54) is 36.4 Å². The summed E-state index contributed by atoms with van der Waals surface area (Å²) >= 11 is 0.